The SMILES string of the molecule is CCc1csc(NC2CCOCC2)n1. The van der Waals surface area contributed by atoms with Crippen molar-refractivity contribution < 1.29 is 4.74 Å². The van der Waals surface area contributed by atoms with E-state index in [4.69, 9.17) is 4.74 Å². The number of nitrogens with one attached hydrogen (secondary N) is 1. The number of aryl methyl sites for hydroxylation is 1. The number of ether oxygens (including phenoxy) is 1. The highest BCUT2D eigenvalue weighted by atomic mass is 32.1. The fraction of sp³-hybridized carbons (Fsp3) is 0.700. The van der Waals surface area contributed by atoms with Gasteiger partial charge in [0.05, 0.1) is 5.69 Å². The molecule has 0 unspecified atom stereocenters. The molecule has 0 amide bonds. The predicted molar refractivity (Wildman–Crippen MR) is 59.0 cm³/mol. The minimum absolute atomic E-state index is 0.555. The molecule has 0 aliphatic carbocycles. The van der Waals surface area contributed by atoms with Crippen LogP contribution in [0.1, 0.15) is 25.5 Å². The zero-order chi connectivity index (χ0) is 9.80. The van der Waals surface area contributed by atoms with Gasteiger partial charge in [-0.05, 0) is 19.3 Å². The van der Waals surface area contributed by atoms with Crippen molar-refractivity contribution in [3.8, 4) is 0 Å². The van der Waals surface area contributed by atoms with Gasteiger partial charge in [0.2, 0.25) is 0 Å². The molecule has 4 heteroatoms. The summed E-state index contributed by atoms with van der Waals surface area (Å²) in [6.07, 6.45) is 3.22. The molecule has 14 heavy (non-hydrogen) atoms. The minimum Gasteiger partial charge on any atom is -0.381 e. The van der Waals surface area contributed by atoms with Crippen LogP contribution in [0.2, 0.25) is 0 Å². The van der Waals surface area contributed by atoms with E-state index >= 15 is 0 Å². The normalized spacial score (nSPS) is 18.4. The second-order valence-electron chi connectivity index (χ2n) is 3.53. The van der Waals surface area contributed by atoms with Gasteiger partial charge in [0.25, 0.3) is 0 Å². The summed E-state index contributed by atoms with van der Waals surface area (Å²) < 4.78 is 5.31. The smallest absolute Gasteiger partial charge is 0.183 e. The first-order chi connectivity index (χ1) is 6.88. The Kier molecular flexibility index (Phi) is 3.37. The maximum absolute atomic E-state index is 5.31. The van der Waals surface area contributed by atoms with E-state index in [-0.39, 0.29) is 0 Å². The molecule has 1 fully saturated rings. The van der Waals surface area contributed by atoms with Gasteiger partial charge in [-0.1, -0.05) is 6.92 Å². The summed E-state index contributed by atoms with van der Waals surface area (Å²) in [6.45, 7) is 3.89. The topological polar surface area (TPSA) is 34.1 Å². The Morgan fingerprint density at radius 2 is 2.36 bits per heavy atom. The summed E-state index contributed by atoms with van der Waals surface area (Å²) in [7, 11) is 0. The van der Waals surface area contributed by atoms with E-state index in [2.05, 4.69) is 22.6 Å². The largest absolute Gasteiger partial charge is 0.381 e. The highest BCUT2D eigenvalue weighted by Gasteiger charge is 2.14. The average molecular weight is 212 g/mol. The first kappa shape index (κ1) is 9.93. The van der Waals surface area contributed by atoms with Crippen molar-refractivity contribution in [3.63, 3.8) is 0 Å². The lowest BCUT2D eigenvalue weighted by molar-refractivity contribution is 0.0904. The zero-order valence-electron chi connectivity index (χ0n) is 8.45. The third kappa shape index (κ3) is 2.45. The summed E-state index contributed by atoms with van der Waals surface area (Å²) >= 11 is 1.70. The molecule has 0 saturated carbocycles. The van der Waals surface area contributed by atoms with E-state index in [9.17, 15) is 0 Å². The van der Waals surface area contributed by atoms with Crippen molar-refractivity contribution in [1.29, 1.82) is 0 Å². The number of thiazole rings is 1. The van der Waals surface area contributed by atoms with Crippen LogP contribution in [-0.2, 0) is 11.2 Å². The molecule has 1 saturated heterocycles. The van der Waals surface area contributed by atoms with Crippen LogP contribution in [0.4, 0.5) is 5.13 Å². The Labute approximate surface area is 88.5 Å². The van der Waals surface area contributed by atoms with Crippen LogP contribution in [0.5, 0.6) is 0 Å². The van der Waals surface area contributed by atoms with Crippen molar-refractivity contribution in [2.75, 3.05) is 18.5 Å². The highest BCUT2D eigenvalue weighted by Crippen LogP contribution is 2.19. The van der Waals surface area contributed by atoms with Gasteiger partial charge in [-0.15, -0.1) is 11.3 Å². The standard InChI is InChI=1S/C10H16N2OS/c1-2-8-7-14-10(11-8)12-9-3-5-13-6-4-9/h7,9H,2-6H2,1H3,(H,11,12). The fourth-order valence-corrected chi connectivity index (χ4v) is 2.42. The predicted octanol–water partition coefficient (Wildman–Crippen LogP) is 2.30. The van der Waals surface area contributed by atoms with Gasteiger partial charge in [-0.2, -0.15) is 0 Å². The van der Waals surface area contributed by atoms with E-state index in [0.717, 1.165) is 37.6 Å². The van der Waals surface area contributed by atoms with Crippen LogP contribution in [0.15, 0.2) is 5.38 Å². The summed E-state index contributed by atoms with van der Waals surface area (Å²) in [5, 5.41) is 6.65. The molecule has 78 valence electrons. The van der Waals surface area contributed by atoms with E-state index in [1.54, 1.807) is 11.3 Å². The lowest BCUT2D eigenvalue weighted by Gasteiger charge is -2.22. The Balaban J connectivity index is 1.89. The molecule has 0 spiro atoms. The molecule has 1 aliphatic rings. The average Bonchev–Trinajstić information content (AvgIpc) is 2.67. The van der Waals surface area contributed by atoms with Gasteiger partial charge >= 0.3 is 0 Å². The first-order valence-corrected chi connectivity index (χ1v) is 6.05. The Morgan fingerprint density at radius 1 is 1.57 bits per heavy atom. The lowest BCUT2D eigenvalue weighted by Crippen LogP contribution is -2.27. The molecule has 3 nitrogen and oxygen atoms in total. The van der Waals surface area contributed by atoms with Crippen molar-refractivity contribution in [2.45, 2.75) is 32.2 Å². The minimum atomic E-state index is 0.555. The summed E-state index contributed by atoms with van der Waals surface area (Å²) in [4.78, 5) is 4.49. The Hall–Kier alpha value is -0.610. The molecule has 1 aromatic rings. The molecule has 0 aromatic carbocycles. The molecule has 1 N–H and O–H groups in total. The molecule has 0 atom stereocenters. The second-order valence-corrected chi connectivity index (χ2v) is 4.39. The number of aromatic nitrogens is 1. The second kappa shape index (κ2) is 4.75. The Morgan fingerprint density at radius 3 is 3.00 bits per heavy atom. The quantitative estimate of drug-likeness (QED) is 0.834. The Bertz CT molecular complexity index is 281. The summed E-state index contributed by atoms with van der Waals surface area (Å²) in [5.41, 5.74) is 1.18. The van der Waals surface area contributed by atoms with Gasteiger partial charge in [-0.25, -0.2) is 4.98 Å². The van der Waals surface area contributed by atoms with Crippen LogP contribution in [0.25, 0.3) is 0 Å². The molecule has 0 bridgehead atoms. The van der Waals surface area contributed by atoms with E-state index in [1.807, 2.05) is 0 Å². The summed E-state index contributed by atoms with van der Waals surface area (Å²) in [6, 6.07) is 0.555. The van der Waals surface area contributed by atoms with Crippen molar-refractivity contribution in [1.82, 2.24) is 4.98 Å². The van der Waals surface area contributed by atoms with Crippen molar-refractivity contribution in [2.24, 2.45) is 0 Å². The third-order valence-electron chi connectivity index (χ3n) is 2.46. The maximum atomic E-state index is 5.31. The molecular weight excluding hydrogens is 196 g/mol. The van der Waals surface area contributed by atoms with Crippen molar-refractivity contribution in [3.05, 3.63) is 11.1 Å². The number of nitrogens with zero attached hydrogens (tertiary/aromatic N) is 1. The molecule has 2 heterocycles. The van der Waals surface area contributed by atoms with Gasteiger partial charge < -0.3 is 10.1 Å². The van der Waals surface area contributed by atoms with Crippen LogP contribution in [-0.4, -0.2) is 24.2 Å². The number of hydrogen-bond donors (Lipinski definition) is 1. The summed E-state index contributed by atoms with van der Waals surface area (Å²) in [5.74, 6) is 0. The van der Waals surface area contributed by atoms with Gasteiger partial charge in [-0.3, -0.25) is 0 Å². The van der Waals surface area contributed by atoms with Crippen molar-refractivity contribution >= 4 is 16.5 Å². The molecule has 2 rings (SSSR count). The first-order valence-electron chi connectivity index (χ1n) is 5.17. The zero-order valence-corrected chi connectivity index (χ0v) is 9.27. The van der Waals surface area contributed by atoms with Gasteiger partial charge in [0.1, 0.15) is 0 Å². The van der Waals surface area contributed by atoms with E-state index in [1.165, 1.54) is 5.69 Å². The molecule has 0 radical (unpaired) electrons. The molecular formula is C10H16N2OS. The van der Waals surface area contributed by atoms with Crippen LogP contribution < -0.4 is 5.32 Å². The number of hydrogen-bond acceptors (Lipinski definition) is 4. The van der Waals surface area contributed by atoms with Gasteiger partial charge in [0.15, 0.2) is 5.13 Å². The van der Waals surface area contributed by atoms with E-state index < -0.39 is 0 Å². The number of anilines is 1. The third-order valence-corrected chi connectivity index (χ3v) is 3.29. The highest BCUT2D eigenvalue weighted by molar-refractivity contribution is 7.13. The van der Waals surface area contributed by atoms with E-state index in [0.29, 0.717) is 6.04 Å². The van der Waals surface area contributed by atoms with Gasteiger partial charge in [0, 0.05) is 24.6 Å². The van der Waals surface area contributed by atoms with Crippen LogP contribution in [0, 0.1) is 0 Å². The number of rotatable bonds is 3. The molecule has 1 aliphatic heterocycles. The van der Waals surface area contributed by atoms with Crippen LogP contribution in [0.3, 0.4) is 0 Å². The molecule has 1 aromatic heterocycles. The van der Waals surface area contributed by atoms with Crippen LogP contribution >= 0.6 is 11.3 Å². The fourth-order valence-electron chi connectivity index (χ4n) is 1.55. The maximum Gasteiger partial charge on any atom is 0.183 e. The monoisotopic (exact) mass is 212 g/mol. The lowest BCUT2D eigenvalue weighted by atomic mass is 10.1.